The van der Waals surface area contributed by atoms with Crippen molar-refractivity contribution in [3.8, 4) is 11.5 Å². The van der Waals surface area contributed by atoms with Gasteiger partial charge >= 0.3 is 0 Å². The maximum absolute atomic E-state index is 11.5. The molecule has 2 N–H and O–H groups in total. The molecule has 34 heavy (non-hydrogen) atoms. The summed E-state index contributed by atoms with van der Waals surface area (Å²) in [6, 6.07) is 16.7. The number of hydrogen-bond acceptors (Lipinski definition) is 6. The molecule has 2 heterocycles. The molecule has 1 saturated carbocycles. The summed E-state index contributed by atoms with van der Waals surface area (Å²) in [5.74, 6) is 1.87. The lowest BCUT2D eigenvalue weighted by Crippen LogP contribution is -2.51. The van der Waals surface area contributed by atoms with Gasteiger partial charge in [-0.3, -0.25) is 5.73 Å². The first-order valence-corrected chi connectivity index (χ1v) is 14.0. The summed E-state index contributed by atoms with van der Waals surface area (Å²) >= 11 is 0. The lowest BCUT2D eigenvalue weighted by atomic mass is 9.69. The summed E-state index contributed by atoms with van der Waals surface area (Å²) < 4.78 is 42.2. The molecular weight excluding hydrogens is 452 g/mol. The molecular formula is C26H34N2O5S. The molecule has 0 spiro atoms. The summed E-state index contributed by atoms with van der Waals surface area (Å²) in [6.07, 6.45) is 6.01. The molecule has 0 bridgehead atoms. The van der Waals surface area contributed by atoms with Crippen LogP contribution < -0.4 is 15.2 Å². The van der Waals surface area contributed by atoms with Crippen LogP contribution in [0.4, 0.5) is 0 Å². The van der Waals surface area contributed by atoms with E-state index in [1.54, 1.807) is 0 Å². The molecule has 3 aliphatic rings. The minimum Gasteiger partial charge on any atom is -0.493 e. The number of nitrogens with two attached hydrogens (primary N) is 1. The Morgan fingerprint density at radius 1 is 0.941 bits per heavy atom. The third-order valence-electron chi connectivity index (χ3n) is 7.56. The Labute approximate surface area is 202 Å². The predicted octanol–water partition coefficient (Wildman–Crippen LogP) is 3.27. The summed E-state index contributed by atoms with van der Waals surface area (Å²) in [4.78, 5) is 0. The summed E-state index contributed by atoms with van der Waals surface area (Å²) in [6.45, 7) is 3.03. The molecule has 0 atom stereocenters. The Morgan fingerprint density at radius 2 is 1.50 bits per heavy atom. The van der Waals surface area contributed by atoms with Crippen molar-refractivity contribution in [3.63, 3.8) is 0 Å². The van der Waals surface area contributed by atoms with Crippen LogP contribution in [-0.2, 0) is 20.2 Å². The van der Waals surface area contributed by atoms with Gasteiger partial charge < -0.3 is 14.2 Å². The average Bonchev–Trinajstić information content (AvgIpc) is 2.77. The first kappa shape index (κ1) is 23.6. The number of nitrogens with zero attached hydrogens (tertiary/aromatic N) is 1. The number of ether oxygens (including phenoxy) is 3. The van der Waals surface area contributed by atoms with E-state index in [2.05, 4.69) is 24.3 Å². The number of hydrogen-bond donors (Lipinski definition) is 1. The highest BCUT2D eigenvalue weighted by Gasteiger charge is 2.38. The number of rotatable bonds is 8. The van der Waals surface area contributed by atoms with Crippen molar-refractivity contribution in [1.82, 2.24) is 4.31 Å². The Balaban J connectivity index is 1.27. The zero-order chi connectivity index (χ0) is 23.8. The van der Waals surface area contributed by atoms with Crippen LogP contribution in [0.3, 0.4) is 0 Å². The maximum atomic E-state index is 11.5. The zero-order valence-electron chi connectivity index (χ0n) is 19.7. The molecule has 2 aliphatic heterocycles. The molecule has 7 nitrogen and oxygen atoms in total. The fraction of sp³-hybridized carbons (Fsp3) is 0.538. The second-order valence-corrected chi connectivity index (χ2v) is 12.0. The first-order valence-electron chi connectivity index (χ1n) is 12.1. The van der Waals surface area contributed by atoms with E-state index in [1.165, 1.54) is 21.7 Å². The quantitative estimate of drug-likeness (QED) is 0.576. The molecule has 3 fully saturated rings. The van der Waals surface area contributed by atoms with Gasteiger partial charge in [0.25, 0.3) is 0 Å². The van der Waals surface area contributed by atoms with Crippen LogP contribution in [0.5, 0.6) is 11.5 Å². The lowest BCUT2D eigenvalue weighted by Gasteiger charge is -2.40. The standard InChI is InChI=1S/C26H34N2O5S/c1-34(29,30)28-17-20(18-28)19-32-23-7-3-21(4-8-23)25(13-15-31-16-14-25)22-5-9-24(10-6-22)33-26(27)11-2-12-26/h3-10,20H,2,11-19,27H2,1H3. The Morgan fingerprint density at radius 3 is 2.00 bits per heavy atom. The van der Waals surface area contributed by atoms with Gasteiger partial charge in [0.2, 0.25) is 10.0 Å². The molecule has 0 aromatic heterocycles. The Bertz CT molecular complexity index is 1090. The van der Waals surface area contributed by atoms with Gasteiger partial charge in [0.1, 0.15) is 11.5 Å². The monoisotopic (exact) mass is 486 g/mol. The second-order valence-electron chi connectivity index (χ2n) is 10.0. The minimum absolute atomic E-state index is 0.115. The molecule has 2 saturated heterocycles. The normalized spacial score (nSPS) is 22.4. The lowest BCUT2D eigenvalue weighted by molar-refractivity contribution is -0.000960. The van der Waals surface area contributed by atoms with Crippen molar-refractivity contribution in [2.24, 2.45) is 11.7 Å². The van der Waals surface area contributed by atoms with E-state index < -0.39 is 15.7 Å². The van der Waals surface area contributed by atoms with Crippen LogP contribution in [0.2, 0.25) is 0 Å². The smallest absolute Gasteiger partial charge is 0.211 e. The van der Waals surface area contributed by atoms with E-state index in [0.717, 1.165) is 56.8 Å². The SMILES string of the molecule is CS(=O)(=O)N1CC(COc2ccc(C3(c4ccc(OC5(N)CCC5)cc4)CCOCC3)cc2)C1. The van der Waals surface area contributed by atoms with Crippen molar-refractivity contribution in [2.75, 3.05) is 39.2 Å². The minimum atomic E-state index is -3.09. The highest BCUT2D eigenvalue weighted by Crippen LogP contribution is 2.42. The van der Waals surface area contributed by atoms with E-state index in [-0.39, 0.29) is 11.3 Å². The third-order valence-corrected chi connectivity index (χ3v) is 8.80. The number of sulfonamides is 1. The summed E-state index contributed by atoms with van der Waals surface area (Å²) in [5, 5.41) is 0. The first-order chi connectivity index (χ1) is 16.3. The van der Waals surface area contributed by atoms with Gasteiger partial charge in [-0.15, -0.1) is 0 Å². The highest BCUT2D eigenvalue weighted by atomic mass is 32.2. The summed E-state index contributed by atoms with van der Waals surface area (Å²) in [7, 11) is -3.09. The van der Waals surface area contributed by atoms with Gasteiger partial charge in [0, 0.05) is 50.5 Å². The Hall–Kier alpha value is -2.13. The molecule has 0 unspecified atom stereocenters. The van der Waals surface area contributed by atoms with E-state index in [1.807, 2.05) is 24.3 Å². The van der Waals surface area contributed by atoms with E-state index in [0.29, 0.717) is 19.7 Å². The van der Waals surface area contributed by atoms with Crippen LogP contribution in [0, 0.1) is 5.92 Å². The average molecular weight is 487 g/mol. The molecule has 0 amide bonds. The molecule has 2 aromatic carbocycles. The van der Waals surface area contributed by atoms with Crippen molar-refractivity contribution in [2.45, 2.75) is 43.2 Å². The number of benzene rings is 2. The molecule has 5 rings (SSSR count). The van der Waals surface area contributed by atoms with Crippen LogP contribution in [0.1, 0.15) is 43.2 Å². The van der Waals surface area contributed by atoms with E-state index >= 15 is 0 Å². The van der Waals surface area contributed by atoms with Gasteiger partial charge in [0.05, 0.1) is 12.9 Å². The van der Waals surface area contributed by atoms with Crippen molar-refractivity contribution < 1.29 is 22.6 Å². The van der Waals surface area contributed by atoms with Gasteiger partial charge in [-0.05, 0) is 54.7 Å². The largest absolute Gasteiger partial charge is 0.493 e. The van der Waals surface area contributed by atoms with Gasteiger partial charge in [-0.1, -0.05) is 24.3 Å². The van der Waals surface area contributed by atoms with E-state index in [9.17, 15) is 8.42 Å². The second kappa shape index (κ2) is 9.15. The third kappa shape index (κ3) is 4.82. The van der Waals surface area contributed by atoms with Gasteiger partial charge in [0.15, 0.2) is 5.72 Å². The summed E-state index contributed by atoms with van der Waals surface area (Å²) in [5.41, 5.74) is 8.13. The Kier molecular flexibility index (Phi) is 6.35. The molecule has 2 aromatic rings. The van der Waals surface area contributed by atoms with Crippen LogP contribution >= 0.6 is 0 Å². The van der Waals surface area contributed by atoms with Gasteiger partial charge in [-0.2, -0.15) is 0 Å². The maximum Gasteiger partial charge on any atom is 0.211 e. The van der Waals surface area contributed by atoms with Crippen molar-refractivity contribution in [3.05, 3.63) is 59.7 Å². The predicted molar refractivity (Wildman–Crippen MR) is 131 cm³/mol. The fourth-order valence-corrected chi connectivity index (χ4v) is 6.11. The van der Waals surface area contributed by atoms with Crippen LogP contribution in [0.25, 0.3) is 0 Å². The highest BCUT2D eigenvalue weighted by molar-refractivity contribution is 7.88. The topological polar surface area (TPSA) is 91.1 Å². The molecule has 1 aliphatic carbocycles. The fourth-order valence-electron chi connectivity index (χ4n) is 5.15. The van der Waals surface area contributed by atoms with E-state index in [4.69, 9.17) is 19.9 Å². The van der Waals surface area contributed by atoms with Crippen LogP contribution in [0.15, 0.2) is 48.5 Å². The molecule has 0 radical (unpaired) electrons. The molecule has 8 heteroatoms. The van der Waals surface area contributed by atoms with Gasteiger partial charge in [-0.25, -0.2) is 12.7 Å². The van der Waals surface area contributed by atoms with Crippen LogP contribution in [-0.4, -0.2) is 57.6 Å². The van der Waals surface area contributed by atoms with Crippen molar-refractivity contribution in [1.29, 1.82) is 0 Å². The van der Waals surface area contributed by atoms with Crippen molar-refractivity contribution >= 4 is 10.0 Å². The molecule has 184 valence electrons. The zero-order valence-corrected chi connectivity index (χ0v) is 20.6.